The number of aromatic nitrogens is 4. The van der Waals surface area contributed by atoms with E-state index in [-0.39, 0.29) is 0 Å². The van der Waals surface area contributed by atoms with Crippen molar-refractivity contribution in [3.63, 3.8) is 0 Å². The van der Waals surface area contributed by atoms with Crippen LogP contribution in [0.5, 0.6) is 0 Å². The van der Waals surface area contributed by atoms with Gasteiger partial charge in [0, 0.05) is 38.2 Å². The molecule has 1 N–H and O–H groups in total. The summed E-state index contributed by atoms with van der Waals surface area (Å²) < 4.78 is 39.6. The molecule has 2 aliphatic rings. The molecule has 0 spiro atoms. The zero-order valence-corrected chi connectivity index (χ0v) is 17.4. The van der Waals surface area contributed by atoms with Crippen molar-refractivity contribution in [2.45, 2.75) is 58.6 Å². The first-order valence-electron chi connectivity index (χ1n) is 9.65. The Morgan fingerprint density at radius 2 is 2.10 bits per heavy atom. The zero-order valence-electron chi connectivity index (χ0n) is 16.6. The average molecular weight is 447 g/mol. The van der Waals surface area contributed by atoms with Crippen molar-refractivity contribution >= 4 is 17.3 Å². The van der Waals surface area contributed by atoms with E-state index >= 15 is 0 Å². The lowest BCUT2D eigenvalue weighted by molar-refractivity contribution is -0.192. The summed E-state index contributed by atoms with van der Waals surface area (Å²) in [7, 11) is 0. The van der Waals surface area contributed by atoms with E-state index in [1.807, 2.05) is 0 Å². The predicted octanol–water partition coefficient (Wildman–Crippen LogP) is 3.01. The molecule has 30 heavy (non-hydrogen) atoms. The number of halogens is 3. The smallest absolute Gasteiger partial charge is 0.475 e. The minimum Gasteiger partial charge on any atom is -0.475 e. The van der Waals surface area contributed by atoms with E-state index in [1.165, 1.54) is 24.2 Å². The fourth-order valence-corrected chi connectivity index (χ4v) is 3.62. The molecule has 0 amide bonds. The molecule has 1 aliphatic carbocycles. The first kappa shape index (κ1) is 22.6. The highest BCUT2D eigenvalue weighted by Gasteiger charge is 2.38. The molecule has 166 valence electrons. The monoisotopic (exact) mass is 447 g/mol. The van der Waals surface area contributed by atoms with E-state index in [0.29, 0.717) is 6.61 Å². The number of fused-ring (bicyclic) bond motifs is 1. The molecule has 4 rings (SSSR count). The number of ether oxygens (including phenoxy) is 1. The van der Waals surface area contributed by atoms with Gasteiger partial charge in [0.2, 0.25) is 0 Å². The molecule has 8 nitrogen and oxygen atoms in total. The Hall–Kier alpha value is -2.05. The number of aryl methyl sites for hydroxylation is 2. The number of carbonyl (C=O) groups is 1. The standard InChI is InChI=1S/C16H23N5OS.C2HF3O2/c1-12-17-14(11-23-12)7-20-5-2-6-21-16(8-20)15(18-19-21)10-22-9-13-3-4-13;3-2(4,5)1(6)7/h11,13H,2-10H2,1H3;(H,6,7). The summed E-state index contributed by atoms with van der Waals surface area (Å²) in [6, 6.07) is 0. The number of nitrogens with zero attached hydrogens (tertiary/aromatic N) is 5. The van der Waals surface area contributed by atoms with Gasteiger partial charge in [0.25, 0.3) is 0 Å². The molecule has 2 aromatic heterocycles. The number of thiazole rings is 1. The number of carboxylic acids is 1. The van der Waals surface area contributed by atoms with Crippen molar-refractivity contribution in [2.75, 3.05) is 13.2 Å². The summed E-state index contributed by atoms with van der Waals surface area (Å²) in [4.78, 5) is 15.9. The van der Waals surface area contributed by atoms with Gasteiger partial charge >= 0.3 is 12.1 Å². The second-order valence-corrected chi connectivity index (χ2v) is 8.45. The molecule has 0 radical (unpaired) electrons. The molecule has 3 heterocycles. The van der Waals surface area contributed by atoms with Gasteiger partial charge in [-0.1, -0.05) is 5.21 Å². The summed E-state index contributed by atoms with van der Waals surface area (Å²) >= 11 is 1.72. The van der Waals surface area contributed by atoms with Gasteiger partial charge in [-0.25, -0.2) is 14.5 Å². The van der Waals surface area contributed by atoms with Crippen LogP contribution in [0.4, 0.5) is 13.2 Å². The number of rotatable bonds is 6. The van der Waals surface area contributed by atoms with Gasteiger partial charge in [-0.3, -0.25) is 4.90 Å². The molecular weight excluding hydrogens is 423 g/mol. The molecule has 0 unspecified atom stereocenters. The van der Waals surface area contributed by atoms with Gasteiger partial charge in [0.05, 0.1) is 23.0 Å². The van der Waals surface area contributed by atoms with Gasteiger partial charge in [-0.05, 0) is 32.1 Å². The van der Waals surface area contributed by atoms with Gasteiger partial charge in [0.15, 0.2) is 0 Å². The van der Waals surface area contributed by atoms with Crippen LogP contribution in [-0.4, -0.2) is 55.3 Å². The molecule has 1 aliphatic heterocycles. The lowest BCUT2D eigenvalue weighted by atomic mass is 10.3. The Balaban J connectivity index is 0.000000318. The topological polar surface area (TPSA) is 93.4 Å². The Bertz CT molecular complexity index is 850. The highest BCUT2D eigenvalue weighted by Crippen LogP contribution is 2.29. The third-order valence-electron chi connectivity index (χ3n) is 4.72. The van der Waals surface area contributed by atoms with Gasteiger partial charge in [-0.15, -0.1) is 16.4 Å². The molecule has 2 aromatic rings. The lowest BCUT2D eigenvalue weighted by Crippen LogP contribution is -2.23. The SMILES string of the molecule is Cc1nc(CN2CCCn3nnc(COCC4CC4)c3C2)cs1.O=C(O)C(F)(F)F. The molecule has 1 saturated carbocycles. The quantitative estimate of drug-likeness (QED) is 0.728. The highest BCUT2D eigenvalue weighted by atomic mass is 32.1. The second-order valence-electron chi connectivity index (χ2n) is 7.39. The van der Waals surface area contributed by atoms with Crippen LogP contribution in [0, 0.1) is 12.8 Å². The predicted molar refractivity (Wildman–Crippen MR) is 102 cm³/mol. The molecule has 12 heteroatoms. The highest BCUT2D eigenvalue weighted by molar-refractivity contribution is 7.09. The maximum atomic E-state index is 10.6. The van der Waals surface area contributed by atoms with Crippen molar-refractivity contribution < 1.29 is 27.8 Å². The Morgan fingerprint density at radius 1 is 1.37 bits per heavy atom. The molecule has 0 bridgehead atoms. The van der Waals surface area contributed by atoms with Crippen LogP contribution >= 0.6 is 11.3 Å². The van der Waals surface area contributed by atoms with E-state index in [0.717, 1.165) is 55.8 Å². The fraction of sp³-hybridized carbons (Fsp3) is 0.667. The number of hydrogen-bond donors (Lipinski definition) is 1. The number of alkyl halides is 3. The number of aliphatic carboxylic acids is 1. The van der Waals surface area contributed by atoms with Crippen molar-refractivity contribution in [1.82, 2.24) is 24.9 Å². The van der Waals surface area contributed by atoms with Gasteiger partial charge < -0.3 is 9.84 Å². The largest absolute Gasteiger partial charge is 0.490 e. The number of hydrogen-bond acceptors (Lipinski definition) is 7. The number of carboxylic acid groups (broad SMARTS) is 1. The molecular formula is C18H24F3N5O3S. The van der Waals surface area contributed by atoms with Crippen LogP contribution in [0.3, 0.4) is 0 Å². The third kappa shape index (κ3) is 6.74. The van der Waals surface area contributed by atoms with E-state index < -0.39 is 12.1 Å². The molecule has 0 aromatic carbocycles. The van der Waals surface area contributed by atoms with Crippen LogP contribution in [-0.2, 0) is 35.8 Å². The van der Waals surface area contributed by atoms with Crippen LogP contribution in [0.2, 0.25) is 0 Å². The first-order valence-corrected chi connectivity index (χ1v) is 10.5. The van der Waals surface area contributed by atoms with E-state index in [2.05, 4.69) is 37.2 Å². The van der Waals surface area contributed by atoms with E-state index in [9.17, 15) is 13.2 Å². The normalized spacial score (nSPS) is 17.1. The Labute approximate surface area is 175 Å². The first-order chi connectivity index (χ1) is 14.2. The van der Waals surface area contributed by atoms with Gasteiger partial charge in [-0.2, -0.15) is 13.2 Å². The Morgan fingerprint density at radius 3 is 2.70 bits per heavy atom. The summed E-state index contributed by atoms with van der Waals surface area (Å²) in [5.41, 5.74) is 3.39. The van der Waals surface area contributed by atoms with Crippen LogP contribution in [0.1, 0.15) is 41.4 Å². The van der Waals surface area contributed by atoms with E-state index in [1.54, 1.807) is 11.3 Å². The van der Waals surface area contributed by atoms with Gasteiger partial charge in [0.1, 0.15) is 5.69 Å². The van der Waals surface area contributed by atoms with Crippen LogP contribution in [0.15, 0.2) is 5.38 Å². The van der Waals surface area contributed by atoms with Crippen molar-refractivity contribution in [3.8, 4) is 0 Å². The van der Waals surface area contributed by atoms with Crippen molar-refractivity contribution in [3.05, 3.63) is 27.5 Å². The lowest BCUT2D eigenvalue weighted by Gasteiger charge is -2.18. The molecule has 1 fully saturated rings. The minimum atomic E-state index is -5.08. The molecule has 0 atom stereocenters. The third-order valence-corrected chi connectivity index (χ3v) is 5.54. The van der Waals surface area contributed by atoms with Crippen molar-refractivity contribution in [1.29, 1.82) is 0 Å². The fourth-order valence-electron chi connectivity index (χ4n) is 3.02. The summed E-state index contributed by atoms with van der Waals surface area (Å²) in [6.07, 6.45) is -1.34. The van der Waals surface area contributed by atoms with E-state index in [4.69, 9.17) is 14.6 Å². The summed E-state index contributed by atoms with van der Waals surface area (Å²) in [5, 5.41) is 19.1. The summed E-state index contributed by atoms with van der Waals surface area (Å²) in [5.74, 6) is -1.97. The zero-order chi connectivity index (χ0) is 21.7. The molecule has 0 saturated heterocycles. The minimum absolute atomic E-state index is 0.593. The maximum absolute atomic E-state index is 10.6. The Kier molecular flexibility index (Phi) is 7.42. The average Bonchev–Trinajstić information content (AvgIpc) is 3.34. The van der Waals surface area contributed by atoms with Crippen LogP contribution in [0.25, 0.3) is 0 Å². The summed E-state index contributed by atoms with van der Waals surface area (Å²) in [6.45, 7) is 7.32. The second kappa shape index (κ2) is 9.84. The maximum Gasteiger partial charge on any atom is 0.490 e. The van der Waals surface area contributed by atoms with Crippen molar-refractivity contribution in [2.24, 2.45) is 5.92 Å². The van der Waals surface area contributed by atoms with Crippen LogP contribution < -0.4 is 0 Å².